The van der Waals surface area contributed by atoms with Crippen molar-refractivity contribution >= 4 is 33.5 Å². The Hall–Kier alpha value is -2.54. The number of esters is 1. The van der Waals surface area contributed by atoms with Gasteiger partial charge in [0.2, 0.25) is 0 Å². The van der Waals surface area contributed by atoms with E-state index in [1.54, 1.807) is 18.2 Å². The van der Waals surface area contributed by atoms with Gasteiger partial charge >= 0.3 is 5.97 Å². The van der Waals surface area contributed by atoms with Crippen molar-refractivity contribution in [1.82, 2.24) is 0 Å². The van der Waals surface area contributed by atoms with Crippen molar-refractivity contribution in [3.05, 3.63) is 51.5 Å². The molecule has 0 unspecified atom stereocenters. The molecule has 0 saturated carbocycles. The zero-order chi connectivity index (χ0) is 19.3. The van der Waals surface area contributed by atoms with Crippen LogP contribution in [-0.2, 0) is 9.53 Å². The average molecular weight is 422 g/mol. The number of carbonyl (C=O) groups is 2. The van der Waals surface area contributed by atoms with Crippen molar-refractivity contribution in [1.29, 1.82) is 0 Å². The molecule has 0 aliphatic carbocycles. The first kappa shape index (κ1) is 19.8. The smallest absolute Gasteiger partial charge is 0.338 e. The largest absolute Gasteiger partial charge is 0.493 e. The summed E-state index contributed by atoms with van der Waals surface area (Å²) in [6.45, 7) is 3.47. The fourth-order valence-electron chi connectivity index (χ4n) is 2.29. The van der Waals surface area contributed by atoms with Crippen LogP contribution < -0.4 is 14.8 Å². The second-order valence-electron chi connectivity index (χ2n) is 5.54. The first-order valence-corrected chi connectivity index (χ1v) is 8.61. The van der Waals surface area contributed by atoms with Crippen LogP contribution in [-0.4, -0.2) is 32.7 Å². The summed E-state index contributed by atoms with van der Waals surface area (Å²) < 4.78 is 16.3. The number of hydrogen-bond acceptors (Lipinski definition) is 5. The number of ether oxygens (including phenoxy) is 3. The molecule has 0 aromatic heterocycles. The maximum Gasteiger partial charge on any atom is 0.338 e. The second kappa shape index (κ2) is 8.71. The lowest BCUT2D eigenvalue weighted by atomic mass is 10.1. The summed E-state index contributed by atoms with van der Waals surface area (Å²) in [7, 11) is 2.98. The second-order valence-corrected chi connectivity index (χ2v) is 6.39. The topological polar surface area (TPSA) is 73.9 Å². The standard InChI is InChI=1S/C19H20BrNO5/c1-11-12(2)15(7-6-14(11)20)21-18(22)10-26-19(23)13-5-8-16(24-3)17(9-13)25-4/h5-9H,10H2,1-4H3,(H,21,22). The maximum absolute atomic E-state index is 12.1. The predicted molar refractivity (Wildman–Crippen MR) is 102 cm³/mol. The summed E-state index contributed by atoms with van der Waals surface area (Å²) in [5.41, 5.74) is 2.92. The molecule has 0 spiro atoms. The Labute approximate surface area is 160 Å². The van der Waals surface area contributed by atoms with E-state index in [0.717, 1.165) is 15.6 Å². The molecular formula is C19H20BrNO5. The Kier molecular flexibility index (Phi) is 6.63. The van der Waals surface area contributed by atoms with Crippen LogP contribution in [0, 0.1) is 13.8 Å². The molecule has 138 valence electrons. The normalized spacial score (nSPS) is 10.2. The van der Waals surface area contributed by atoms with E-state index in [9.17, 15) is 9.59 Å². The highest BCUT2D eigenvalue weighted by atomic mass is 79.9. The number of halogens is 1. The summed E-state index contributed by atoms with van der Waals surface area (Å²) in [5.74, 6) is -0.122. The van der Waals surface area contributed by atoms with Crippen LogP contribution in [0.2, 0.25) is 0 Å². The van der Waals surface area contributed by atoms with Crippen molar-refractivity contribution in [3.63, 3.8) is 0 Å². The van der Waals surface area contributed by atoms with Crippen molar-refractivity contribution in [2.75, 3.05) is 26.1 Å². The van der Waals surface area contributed by atoms with Gasteiger partial charge in [-0.3, -0.25) is 4.79 Å². The third-order valence-corrected chi connectivity index (χ3v) is 4.81. The number of amides is 1. The minimum Gasteiger partial charge on any atom is -0.493 e. The summed E-state index contributed by atoms with van der Waals surface area (Å²) >= 11 is 3.44. The Morgan fingerprint density at radius 1 is 1.00 bits per heavy atom. The number of benzene rings is 2. The third-order valence-electron chi connectivity index (χ3n) is 3.95. The van der Waals surface area contributed by atoms with Crippen molar-refractivity contribution in [2.24, 2.45) is 0 Å². The molecule has 26 heavy (non-hydrogen) atoms. The molecule has 0 fully saturated rings. The van der Waals surface area contributed by atoms with Crippen molar-refractivity contribution in [2.45, 2.75) is 13.8 Å². The monoisotopic (exact) mass is 421 g/mol. The van der Waals surface area contributed by atoms with E-state index in [-0.39, 0.29) is 12.2 Å². The molecule has 2 aromatic carbocycles. The Morgan fingerprint density at radius 2 is 1.69 bits per heavy atom. The van der Waals surface area contributed by atoms with Crippen molar-refractivity contribution in [3.8, 4) is 11.5 Å². The molecule has 6 nitrogen and oxygen atoms in total. The van der Waals surface area contributed by atoms with Crippen LogP contribution in [0.3, 0.4) is 0 Å². The molecule has 0 radical (unpaired) electrons. The molecule has 0 aliphatic rings. The third kappa shape index (κ3) is 4.54. The van der Waals surface area contributed by atoms with Gasteiger partial charge in [-0.05, 0) is 55.3 Å². The molecule has 0 saturated heterocycles. The Morgan fingerprint density at radius 3 is 2.35 bits per heavy atom. The maximum atomic E-state index is 12.1. The molecule has 7 heteroatoms. The highest BCUT2D eigenvalue weighted by molar-refractivity contribution is 9.10. The van der Waals surface area contributed by atoms with E-state index >= 15 is 0 Å². The lowest BCUT2D eigenvalue weighted by molar-refractivity contribution is -0.119. The minimum absolute atomic E-state index is 0.270. The quantitative estimate of drug-likeness (QED) is 0.716. The molecule has 1 amide bonds. The van der Waals surface area contributed by atoms with E-state index in [1.165, 1.54) is 20.3 Å². The van der Waals surface area contributed by atoms with Crippen LogP contribution in [0.15, 0.2) is 34.8 Å². The van der Waals surface area contributed by atoms with Gasteiger partial charge in [0.05, 0.1) is 19.8 Å². The molecular weight excluding hydrogens is 402 g/mol. The molecule has 0 aliphatic heterocycles. The fraction of sp³-hybridized carbons (Fsp3) is 0.263. The summed E-state index contributed by atoms with van der Waals surface area (Å²) in [6, 6.07) is 8.29. The predicted octanol–water partition coefficient (Wildman–Crippen LogP) is 3.88. The van der Waals surface area contributed by atoms with Crippen LogP contribution in [0.25, 0.3) is 0 Å². The minimum atomic E-state index is -0.621. The van der Waals surface area contributed by atoms with Gasteiger partial charge in [0.1, 0.15) is 0 Å². The van der Waals surface area contributed by atoms with Gasteiger partial charge < -0.3 is 19.5 Å². The van der Waals surface area contributed by atoms with E-state index < -0.39 is 11.9 Å². The van der Waals surface area contributed by atoms with E-state index in [0.29, 0.717) is 17.2 Å². The molecule has 2 rings (SSSR count). The highest BCUT2D eigenvalue weighted by Crippen LogP contribution is 2.28. The first-order valence-electron chi connectivity index (χ1n) is 7.82. The van der Waals surface area contributed by atoms with Gasteiger partial charge in [-0.2, -0.15) is 0 Å². The molecule has 0 bridgehead atoms. The van der Waals surface area contributed by atoms with Gasteiger partial charge in [-0.1, -0.05) is 15.9 Å². The van der Waals surface area contributed by atoms with Gasteiger partial charge in [0.25, 0.3) is 5.91 Å². The average Bonchev–Trinajstić information content (AvgIpc) is 2.65. The van der Waals surface area contributed by atoms with Crippen LogP contribution in [0.1, 0.15) is 21.5 Å². The van der Waals surface area contributed by atoms with Crippen molar-refractivity contribution < 1.29 is 23.8 Å². The lowest BCUT2D eigenvalue weighted by Crippen LogP contribution is -2.21. The first-order chi connectivity index (χ1) is 12.4. The van der Waals surface area contributed by atoms with Gasteiger partial charge in [-0.15, -0.1) is 0 Å². The Balaban J connectivity index is 1.99. The highest BCUT2D eigenvalue weighted by Gasteiger charge is 2.14. The SMILES string of the molecule is COc1ccc(C(=O)OCC(=O)Nc2ccc(Br)c(C)c2C)cc1OC. The summed E-state index contributed by atoms with van der Waals surface area (Å²) in [4.78, 5) is 24.2. The zero-order valence-electron chi connectivity index (χ0n) is 15.0. The van der Waals surface area contributed by atoms with E-state index in [1.807, 2.05) is 19.9 Å². The summed E-state index contributed by atoms with van der Waals surface area (Å²) in [5, 5.41) is 2.74. The van der Waals surface area contributed by atoms with Gasteiger partial charge in [-0.25, -0.2) is 4.79 Å². The number of rotatable bonds is 6. The van der Waals surface area contributed by atoms with Crippen LogP contribution >= 0.6 is 15.9 Å². The fourth-order valence-corrected chi connectivity index (χ4v) is 2.72. The molecule has 2 aromatic rings. The number of carbonyl (C=O) groups excluding carboxylic acids is 2. The molecule has 0 atom stereocenters. The lowest BCUT2D eigenvalue weighted by Gasteiger charge is -2.12. The number of anilines is 1. The molecule has 1 N–H and O–H groups in total. The van der Waals surface area contributed by atoms with E-state index in [2.05, 4.69) is 21.2 Å². The number of nitrogens with one attached hydrogen (secondary N) is 1. The number of hydrogen-bond donors (Lipinski definition) is 1. The number of methoxy groups -OCH3 is 2. The van der Waals surface area contributed by atoms with E-state index in [4.69, 9.17) is 14.2 Å². The van der Waals surface area contributed by atoms with Crippen LogP contribution in [0.4, 0.5) is 5.69 Å². The Bertz CT molecular complexity index is 835. The molecule has 0 heterocycles. The zero-order valence-corrected chi connectivity index (χ0v) is 16.6. The van der Waals surface area contributed by atoms with Gasteiger partial charge in [0.15, 0.2) is 18.1 Å². The van der Waals surface area contributed by atoms with Gasteiger partial charge in [0, 0.05) is 10.2 Å². The van der Waals surface area contributed by atoms with Crippen LogP contribution in [0.5, 0.6) is 11.5 Å². The summed E-state index contributed by atoms with van der Waals surface area (Å²) in [6.07, 6.45) is 0.